The highest BCUT2D eigenvalue weighted by atomic mass is 16.6. The smallest absolute Gasteiger partial charge is 0.307 e. The molecule has 0 N–H and O–H groups in total. The van der Waals surface area contributed by atoms with Crippen LogP contribution < -0.4 is 0 Å². The Morgan fingerprint density at radius 2 is 2.19 bits per heavy atom. The monoisotopic (exact) mass is 289 g/mol. The molecule has 3 aromatic rings. The first-order valence-corrected chi connectivity index (χ1v) is 6.03. The van der Waals surface area contributed by atoms with Gasteiger partial charge in [0.2, 0.25) is 5.89 Å². The Hall–Kier alpha value is -3.04. The van der Waals surface area contributed by atoms with E-state index >= 15 is 0 Å². The van der Waals surface area contributed by atoms with Crippen molar-refractivity contribution >= 4 is 5.69 Å². The van der Waals surface area contributed by atoms with E-state index in [-0.39, 0.29) is 12.2 Å². The second-order valence-electron chi connectivity index (χ2n) is 4.46. The lowest BCUT2D eigenvalue weighted by atomic mass is 10.3. The van der Waals surface area contributed by atoms with E-state index in [2.05, 4.69) is 20.4 Å². The molecule has 0 radical (unpaired) electrons. The average molecular weight is 289 g/mol. The molecule has 0 aromatic carbocycles. The van der Waals surface area contributed by atoms with Gasteiger partial charge >= 0.3 is 5.69 Å². The van der Waals surface area contributed by atoms with Gasteiger partial charge in [-0.3, -0.25) is 19.5 Å². The molecule has 0 fully saturated rings. The van der Waals surface area contributed by atoms with Crippen LogP contribution in [0.25, 0.3) is 11.5 Å². The van der Waals surface area contributed by atoms with Crippen LogP contribution in [0.1, 0.15) is 11.6 Å². The number of aryl methyl sites for hydroxylation is 2. The molecule has 0 spiro atoms. The molecule has 3 heterocycles. The lowest BCUT2D eigenvalue weighted by Crippen LogP contribution is -2.00. The summed E-state index contributed by atoms with van der Waals surface area (Å²) < 4.78 is 8.56. The molecule has 0 atom stereocenters. The zero-order chi connectivity index (χ0) is 15.0. The Labute approximate surface area is 118 Å². The minimum Gasteiger partial charge on any atom is -0.419 e. The molecule has 108 valence electrons. The summed E-state index contributed by atoms with van der Waals surface area (Å²) in [6.45, 7) is 2.01. The Bertz CT molecular complexity index is 800. The minimum atomic E-state index is -0.512. The summed E-state index contributed by atoms with van der Waals surface area (Å²) in [6.07, 6.45) is 4.26. The molecule has 0 aliphatic carbocycles. The SMILES string of the molecule is Cc1nn(C)cc1-c1nnc(Cn2cc([N+](=O)[O-])cn2)o1. The predicted octanol–water partition coefficient (Wildman–Crippen LogP) is 0.932. The van der Waals surface area contributed by atoms with Crippen LogP contribution in [0, 0.1) is 17.0 Å². The first kappa shape index (κ1) is 13.0. The molecule has 10 heteroatoms. The standard InChI is InChI=1S/C11H11N7O3/c1-7-9(5-16(2)15-7)11-14-13-10(21-11)6-17-4-8(3-12-17)18(19)20/h3-5H,6H2,1-2H3. The fourth-order valence-corrected chi connectivity index (χ4v) is 1.91. The van der Waals surface area contributed by atoms with Crippen LogP contribution in [-0.4, -0.2) is 34.7 Å². The van der Waals surface area contributed by atoms with E-state index in [1.165, 1.54) is 17.1 Å². The van der Waals surface area contributed by atoms with Gasteiger partial charge < -0.3 is 4.42 Å². The maximum atomic E-state index is 10.6. The second kappa shape index (κ2) is 4.81. The largest absolute Gasteiger partial charge is 0.419 e. The van der Waals surface area contributed by atoms with E-state index in [0.29, 0.717) is 11.8 Å². The van der Waals surface area contributed by atoms with Crippen molar-refractivity contribution in [3.8, 4) is 11.5 Å². The fourth-order valence-electron chi connectivity index (χ4n) is 1.91. The summed E-state index contributed by atoms with van der Waals surface area (Å²) in [7, 11) is 1.80. The van der Waals surface area contributed by atoms with Gasteiger partial charge in [-0.25, -0.2) is 0 Å². The lowest BCUT2D eigenvalue weighted by Gasteiger charge is -1.94. The van der Waals surface area contributed by atoms with Crippen molar-refractivity contribution in [2.24, 2.45) is 7.05 Å². The van der Waals surface area contributed by atoms with Gasteiger partial charge in [-0.1, -0.05) is 0 Å². The molecule has 0 amide bonds. The minimum absolute atomic E-state index is 0.0853. The molecule has 0 bridgehead atoms. The van der Waals surface area contributed by atoms with E-state index in [1.54, 1.807) is 17.9 Å². The second-order valence-corrected chi connectivity index (χ2v) is 4.46. The van der Waals surface area contributed by atoms with Gasteiger partial charge in [-0.05, 0) is 6.92 Å². The van der Waals surface area contributed by atoms with Gasteiger partial charge in [0.1, 0.15) is 18.9 Å². The summed E-state index contributed by atoms with van der Waals surface area (Å²) in [5, 5.41) is 26.5. The van der Waals surface area contributed by atoms with E-state index in [1.807, 2.05) is 6.92 Å². The summed E-state index contributed by atoms with van der Waals surface area (Å²) in [5.41, 5.74) is 1.45. The summed E-state index contributed by atoms with van der Waals surface area (Å²) in [5.74, 6) is 0.670. The van der Waals surface area contributed by atoms with Crippen LogP contribution in [0.15, 0.2) is 23.0 Å². The van der Waals surface area contributed by atoms with Crippen LogP contribution in [0.2, 0.25) is 0 Å². The number of hydrogen-bond donors (Lipinski definition) is 0. The maximum absolute atomic E-state index is 10.6. The van der Waals surface area contributed by atoms with Crippen molar-refractivity contribution in [2.75, 3.05) is 0 Å². The zero-order valence-corrected chi connectivity index (χ0v) is 11.3. The average Bonchev–Trinajstić information content (AvgIpc) is 3.10. The van der Waals surface area contributed by atoms with Crippen molar-refractivity contribution in [1.82, 2.24) is 29.8 Å². The van der Waals surface area contributed by atoms with Crippen LogP contribution in [0.4, 0.5) is 5.69 Å². The summed E-state index contributed by atoms with van der Waals surface area (Å²) >= 11 is 0. The Morgan fingerprint density at radius 3 is 2.81 bits per heavy atom. The predicted molar refractivity (Wildman–Crippen MR) is 69.2 cm³/mol. The number of nitrogens with zero attached hydrogens (tertiary/aromatic N) is 7. The highest BCUT2D eigenvalue weighted by molar-refractivity contribution is 5.54. The van der Waals surface area contributed by atoms with Crippen LogP contribution in [0.5, 0.6) is 0 Å². The molecule has 0 aliphatic heterocycles. The highest BCUT2D eigenvalue weighted by Gasteiger charge is 2.15. The van der Waals surface area contributed by atoms with E-state index in [4.69, 9.17) is 4.42 Å². The third-order valence-electron chi connectivity index (χ3n) is 2.84. The van der Waals surface area contributed by atoms with Gasteiger partial charge in [0, 0.05) is 13.2 Å². The summed E-state index contributed by atoms with van der Waals surface area (Å²) in [6, 6.07) is 0. The van der Waals surface area contributed by atoms with Gasteiger partial charge in [-0.15, -0.1) is 10.2 Å². The normalized spacial score (nSPS) is 11.0. The van der Waals surface area contributed by atoms with Crippen molar-refractivity contribution in [1.29, 1.82) is 0 Å². The molecule has 0 unspecified atom stereocenters. The fraction of sp³-hybridized carbons (Fsp3) is 0.273. The third-order valence-corrected chi connectivity index (χ3v) is 2.84. The zero-order valence-electron chi connectivity index (χ0n) is 11.3. The number of hydrogen-bond acceptors (Lipinski definition) is 7. The molecule has 10 nitrogen and oxygen atoms in total. The first-order chi connectivity index (χ1) is 10.0. The van der Waals surface area contributed by atoms with Gasteiger partial charge in [-0.2, -0.15) is 10.2 Å². The molecule has 21 heavy (non-hydrogen) atoms. The maximum Gasteiger partial charge on any atom is 0.307 e. The van der Waals surface area contributed by atoms with E-state index in [9.17, 15) is 10.1 Å². The number of aromatic nitrogens is 6. The van der Waals surface area contributed by atoms with Crippen molar-refractivity contribution in [2.45, 2.75) is 13.5 Å². The molecule has 3 rings (SSSR count). The van der Waals surface area contributed by atoms with Gasteiger partial charge in [0.15, 0.2) is 0 Å². The molecule has 3 aromatic heterocycles. The Kier molecular flexibility index (Phi) is 2.97. The molecule has 0 saturated carbocycles. The van der Waals surface area contributed by atoms with Crippen molar-refractivity contribution in [3.63, 3.8) is 0 Å². The lowest BCUT2D eigenvalue weighted by molar-refractivity contribution is -0.385. The quantitative estimate of drug-likeness (QED) is 0.517. The topological polar surface area (TPSA) is 118 Å². The van der Waals surface area contributed by atoms with Crippen LogP contribution >= 0.6 is 0 Å². The van der Waals surface area contributed by atoms with Crippen molar-refractivity contribution < 1.29 is 9.34 Å². The van der Waals surface area contributed by atoms with Gasteiger partial charge in [0.25, 0.3) is 5.89 Å². The first-order valence-electron chi connectivity index (χ1n) is 6.03. The van der Waals surface area contributed by atoms with Crippen molar-refractivity contribution in [3.05, 3.63) is 40.3 Å². The highest BCUT2D eigenvalue weighted by Crippen LogP contribution is 2.21. The van der Waals surface area contributed by atoms with Gasteiger partial charge in [0.05, 0.1) is 16.2 Å². The van der Waals surface area contributed by atoms with E-state index in [0.717, 1.165) is 11.3 Å². The number of rotatable bonds is 4. The van der Waals surface area contributed by atoms with Crippen LogP contribution in [-0.2, 0) is 13.6 Å². The molecular formula is C11H11N7O3. The Balaban J connectivity index is 1.81. The van der Waals surface area contributed by atoms with Crippen LogP contribution in [0.3, 0.4) is 0 Å². The summed E-state index contributed by atoms with van der Waals surface area (Å²) in [4.78, 5) is 10.1. The number of nitro groups is 1. The molecule has 0 saturated heterocycles. The Morgan fingerprint density at radius 1 is 1.38 bits per heavy atom. The molecule has 0 aliphatic rings. The van der Waals surface area contributed by atoms with E-state index < -0.39 is 4.92 Å². The molecular weight excluding hydrogens is 278 g/mol. The third kappa shape index (κ3) is 2.50.